The standard InChI is InChI=1S/C14H19BrN2O2/c15-12-7-10-4-6-19-14(10)11(8-12)9-17-5-2-1-3-13(16)18/h7-8,17H,1-6,9H2,(H2,16,18). The Morgan fingerprint density at radius 1 is 1.42 bits per heavy atom. The predicted octanol–water partition coefficient (Wildman–Crippen LogP) is 2.13. The molecule has 2 rings (SSSR count). The lowest BCUT2D eigenvalue weighted by atomic mass is 10.1. The molecule has 1 amide bonds. The van der Waals surface area contributed by atoms with Gasteiger partial charge < -0.3 is 15.8 Å². The van der Waals surface area contributed by atoms with Crippen LogP contribution in [0.25, 0.3) is 0 Å². The van der Waals surface area contributed by atoms with E-state index in [-0.39, 0.29) is 5.91 Å². The lowest BCUT2D eigenvalue weighted by Gasteiger charge is -2.10. The van der Waals surface area contributed by atoms with Crippen molar-refractivity contribution < 1.29 is 9.53 Å². The molecule has 0 radical (unpaired) electrons. The zero-order valence-electron chi connectivity index (χ0n) is 10.9. The van der Waals surface area contributed by atoms with Crippen LogP contribution in [0.3, 0.4) is 0 Å². The fraction of sp³-hybridized carbons (Fsp3) is 0.500. The van der Waals surface area contributed by atoms with E-state index in [1.165, 1.54) is 11.1 Å². The molecular formula is C14H19BrN2O2. The van der Waals surface area contributed by atoms with Crippen LogP contribution in [0.1, 0.15) is 30.4 Å². The van der Waals surface area contributed by atoms with Crippen molar-refractivity contribution in [3.8, 4) is 5.75 Å². The smallest absolute Gasteiger partial charge is 0.217 e. The topological polar surface area (TPSA) is 64.4 Å². The van der Waals surface area contributed by atoms with E-state index < -0.39 is 0 Å². The Hall–Kier alpha value is -1.07. The molecule has 1 aliphatic rings. The minimum absolute atomic E-state index is 0.224. The molecule has 4 nitrogen and oxygen atoms in total. The average Bonchev–Trinajstić information content (AvgIpc) is 2.80. The fourth-order valence-corrected chi connectivity index (χ4v) is 2.80. The lowest BCUT2D eigenvalue weighted by molar-refractivity contribution is -0.118. The third-order valence-electron chi connectivity index (χ3n) is 3.17. The molecule has 1 aliphatic heterocycles. The average molecular weight is 327 g/mol. The number of carbonyl (C=O) groups is 1. The summed E-state index contributed by atoms with van der Waals surface area (Å²) in [7, 11) is 0. The first kappa shape index (κ1) is 14.3. The number of nitrogens with one attached hydrogen (secondary N) is 1. The molecule has 3 N–H and O–H groups in total. The molecule has 1 heterocycles. The maximum Gasteiger partial charge on any atom is 0.217 e. The summed E-state index contributed by atoms with van der Waals surface area (Å²) in [6.07, 6.45) is 3.26. The minimum Gasteiger partial charge on any atom is -0.493 e. The highest BCUT2D eigenvalue weighted by atomic mass is 79.9. The van der Waals surface area contributed by atoms with Crippen molar-refractivity contribution in [1.82, 2.24) is 5.32 Å². The highest BCUT2D eigenvalue weighted by molar-refractivity contribution is 9.10. The van der Waals surface area contributed by atoms with E-state index in [2.05, 4.69) is 33.4 Å². The predicted molar refractivity (Wildman–Crippen MR) is 78.1 cm³/mol. The molecule has 0 aliphatic carbocycles. The van der Waals surface area contributed by atoms with Gasteiger partial charge >= 0.3 is 0 Å². The summed E-state index contributed by atoms with van der Waals surface area (Å²) in [5, 5.41) is 3.38. The van der Waals surface area contributed by atoms with Crippen LogP contribution in [-0.2, 0) is 17.8 Å². The van der Waals surface area contributed by atoms with Crippen LogP contribution in [0, 0.1) is 0 Å². The van der Waals surface area contributed by atoms with Crippen LogP contribution in [0.5, 0.6) is 5.75 Å². The van der Waals surface area contributed by atoms with Crippen molar-refractivity contribution in [3.63, 3.8) is 0 Å². The molecule has 19 heavy (non-hydrogen) atoms. The fourth-order valence-electron chi connectivity index (χ4n) is 2.25. The van der Waals surface area contributed by atoms with Crippen molar-refractivity contribution in [2.24, 2.45) is 5.73 Å². The summed E-state index contributed by atoms with van der Waals surface area (Å²) in [6.45, 7) is 2.45. The van der Waals surface area contributed by atoms with Crippen LogP contribution in [0.2, 0.25) is 0 Å². The number of amides is 1. The number of benzene rings is 1. The van der Waals surface area contributed by atoms with E-state index in [4.69, 9.17) is 10.5 Å². The van der Waals surface area contributed by atoms with Gasteiger partial charge in [-0.1, -0.05) is 15.9 Å². The number of nitrogens with two attached hydrogens (primary N) is 1. The molecule has 0 unspecified atom stereocenters. The first-order chi connectivity index (χ1) is 9.16. The quantitative estimate of drug-likeness (QED) is 0.754. The molecule has 0 saturated carbocycles. The van der Waals surface area contributed by atoms with E-state index >= 15 is 0 Å². The summed E-state index contributed by atoms with van der Waals surface area (Å²) in [5.41, 5.74) is 7.56. The van der Waals surface area contributed by atoms with E-state index in [1.54, 1.807) is 0 Å². The zero-order valence-corrected chi connectivity index (χ0v) is 12.5. The Morgan fingerprint density at radius 2 is 2.26 bits per heavy atom. The SMILES string of the molecule is NC(=O)CCCCNCc1cc(Br)cc2c1OCC2. The van der Waals surface area contributed by atoms with Gasteiger partial charge in [0.25, 0.3) is 0 Å². The van der Waals surface area contributed by atoms with Crippen LogP contribution in [0.15, 0.2) is 16.6 Å². The number of rotatable bonds is 7. The van der Waals surface area contributed by atoms with Gasteiger partial charge in [0.05, 0.1) is 6.61 Å². The van der Waals surface area contributed by atoms with Gasteiger partial charge in [-0.05, 0) is 37.1 Å². The van der Waals surface area contributed by atoms with Gasteiger partial charge in [-0.25, -0.2) is 0 Å². The maximum absolute atomic E-state index is 10.6. The van der Waals surface area contributed by atoms with E-state index in [9.17, 15) is 4.79 Å². The molecule has 0 bridgehead atoms. The van der Waals surface area contributed by atoms with Crippen molar-refractivity contribution in [2.75, 3.05) is 13.2 Å². The van der Waals surface area contributed by atoms with Crippen molar-refractivity contribution in [1.29, 1.82) is 0 Å². The number of unbranched alkanes of at least 4 members (excludes halogenated alkanes) is 1. The van der Waals surface area contributed by atoms with E-state index in [0.29, 0.717) is 6.42 Å². The number of ether oxygens (including phenoxy) is 1. The van der Waals surface area contributed by atoms with Crippen LogP contribution in [-0.4, -0.2) is 19.1 Å². The molecule has 0 aromatic heterocycles. The van der Waals surface area contributed by atoms with Crippen molar-refractivity contribution in [3.05, 3.63) is 27.7 Å². The highest BCUT2D eigenvalue weighted by Crippen LogP contribution is 2.32. The third kappa shape index (κ3) is 4.21. The molecule has 0 fully saturated rings. The molecular weight excluding hydrogens is 308 g/mol. The molecule has 0 atom stereocenters. The van der Waals surface area contributed by atoms with Gasteiger partial charge in [0, 0.05) is 29.4 Å². The molecule has 5 heteroatoms. The molecule has 0 spiro atoms. The number of fused-ring (bicyclic) bond motifs is 1. The molecule has 104 valence electrons. The second kappa shape index (κ2) is 6.91. The summed E-state index contributed by atoms with van der Waals surface area (Å²) in [4.78, 5) is 10.6. The second-order valence-corrected chi connectivity index (χ2v) is 5.67. The van der Waals surface area contributed by atoms with Gasteiger partial charge in [-0.2, -0.15) is 0 Å². The first-order valence-electron chi connectivity index (χ1n) is 6.60. The number of halogens is 1. The Balaban J connectivity index is 1.79. The Bertz CT molecular complexity index is 463. The van der Waals surface area contributed by atoms with Gasteiger partial charge in [0.2, 0.25) is 5.91 Å². The maximum atomic E-state index is 10.6. The second-order valence-electron chi connectivity index (χ2n) is 4.75. The molecule has 1 aromatic rings. The van der Waals surface area contributed by atoms with Gasteiger partial charge in [0.1, 0.15) is 5.75 Å². The summed E-state index contributed by atoms with van der Waals surface area (Å²) in [6, 6.07) is 4.22. The van der Waals surface area contributed by atoms with Crippen molar-refractivity contribution >= 4 is 21.8 Å². The van der Waals surface area contributed by atoms with E-state index in [0.717, 1.165) is 49.2 Å². The van der Waals surface area contributed by atoms with Crippen molar-refractivity contribution in [2.45, 2.75) is 32.2 Å². The minimum atomic E-state index is -0.224. The Kier molecular flexibility index (Phi) is 5.22. The number of hydrogen-bond acceptors (Lipinski definition) is 3. The summed E-state index contributed by atoms with van der Waals surface area (Å²) < 4.78 is 6.77. The number of carbonyl (C=O) groups excluding carboxylic acids is 1. The van der Waals surface area contributed by atoms with Crippen LogP contribution < -0.4 is 15.8 Å². The number of hydrogen-bond donors (Lipinski definition) is 2. The Labute approximate surface area is 121 Å². The first-order valence-corrected chi connectivity index (χ1v) is 7.39. The molecule has 0 saturated heterocycles. The summed E-state index contributed by atoms with van der Waals surface area (Å²) >= 11 is 3.53. The Morgan fingerprint density at radius 3 is 3.05 bits per heavy atom. The normalized spacial score (nSPS) is 13.1. The summed E-state index contributed by atoms with van der Waals surface area (Å²) in [5.74, 6) is 0.811. The number of primary amides is 1. The van der Waals surface area contributed by atoms with Crippen LogP contribution >= 0.6 is 15.9 Å². The van der Waals surface area contributed by atoms with Gasteiger partial charge in [-0.15, -0.1) is 0 Å². The highest BCUT2D eigenvalue weighted by Gasteiger charge is 2.16. The lowest BCUT2D eigenvalue weighted by Crippen LogP contribution is -2.16. The third-order valence-corrected chi connectivity index (χ3v) is 3.63. The van der Waals surface area contributed by atoms with E-state index in [1.807, 2.05) is 0 Å². The largest absolute Gasteiger partial charge is 0.493 e. The monoisotopic (exact) mass is 326 g/mol. The molecule has 1 aromatic carbocycles. The van der Waals surface area contributed by atoms with Gasteiger partial charge in [0.15, 0.2) is 0 Å². The van der Waals surface area contributed by atoms with Gasteiger partial charge in [-0.3, -0.25) is 4.79 Å². The van der Waals surface area contributed by atoms with Crippen LogP contribution in [0.4, 0.5) is 0 Å². The zero-order chi connectivity index (χ0) is 13.7.